The monoisotopic (exact) mass is 844 g/mol. The fourth-order valence-corrected chi connectivity index (χ4v) is 8.56. The number of hydrogen-bond donors (Lipinski definition) is 3. The van der Waals surface area contributed by atoms with E-state index in [1.54, 1.807) is 18.2 Å². The molecule has 1 fully saturated rings. The lowest BCUT2D eigenvalue weighted by atomic mass is 10.0. The first kappa shape index (κ1) is 42.7. The molecule has 1 saturated heterocycles. The second kappa shape index (κ2) is 18.9. The minimum atomic E-state index is -1.04. The molecule has 61 heavy (non-hydrogen) atoms. The van der Waals surface area contributed by atoms with Crippen LogP contribution < -0.4 is 25.6 Å². The number of amides is 6. The standard InChI is InChI=1S/C46H48N6O8S/c1-5-9-33(27(3)6-2)43(56)51-20-18-30-26-31(14-15-36(30)51)41-28(4)61-46(50-41)49-39(54)25-29-10-7-11-32(24-29)60-23-22-59-21-19-47-35-13-8-12-34-40(35)45(58)52(44(34)57)37-16-17-38(53)48-42(37)55/h5,7-15,24,26,37,47H,6,16-23,25H2,1-4H3,(H,48,53,55)(H,49,50,54)/b9-5-,33-27+. The molecule has 3 N–H and O–H groups in total. The summed E-state index contributed by atoms with van der Waals surface area (Å²) in [6.45, 7) is 9.74. The van der Waals surface area contributed by atoms with Gasteiger partial charge in [0.05, 0.1) is 36.5 Å². The Balaban J connectivity index is 0.860. The molecule has 4 aromatic rings. The van der Waals surface area contributed by atoms with Crippen LogP contribution in [0.1, 0.15) is 76.8 Å². The van der Waals surface area contributed by atoms with Gasteiger partial charge in [0.2, 0.25) is 17.7 Å². The van der Waals surface area contributed by atoms with E-state index in [4.69, 9.17) is 14.5 Å². The van der Waals surface area contributed by atoms with E-state index in [1.807, 2.05) is 74.2 Å². The Morgan fingerprint density at radius 3 is 2.61 bits per heavy atom. The van der Waals surface area contributed by atoms with E-state index in [0.717, 1.165) is 61.8 Å². The molecule has 3 aromatic carbocycles. The number of thiazole rings is 1. The number of nitrogens with zero attached hydrogens (tertiary/aromatic N) is 3. The van der Waals surface area contributed by atoms with Crippen molar-refractivity contribution in [2.75, 3.05) is 48.4 Å². The van der Waals surface area contributed by atoms with E-state index in [-0.39, 0.29) is 62.0 Å². The van der Waals surface area contributed by atoms with Crippen molar-refractivity contribution in [1.29, 1.82) is 0 Å². The van der Waals surface area contributed by atoms with E-state index in [0.29, 0.717) is 29.7 Å². The van der Waals surface area contributed by atoms with Gasteiger partial charge in [-0.25, -0.2) is 4.98 Å². The molecule has 6 amide bonds. The number of carbonyl (C=O) groups is 6. The number of ether oxygens (including phenoxy) is 2. The van der Waals surface area contributed by atoms with E-state index >= 15 is 0 Å². The number of rotatable bonds is 16. The summed E-state index contributed by atoms with van der Waals surface area (Å²) in [6.07, 6.45) is 5.62. The third-order valence-electron chi connectivity index (χ3n) is 10.9. The van der Waals surface area contributed by atoms with Gasteiger partial charge < -0.3 is 25.0 Å². The van der Waals surface area contributed by atoms with Crippen LogP contribution in [0.5, 0.6) is 5.75 Å². The molecule has 1 atom stereocenters. The van der Waals surface area contributed by atoms with Gasteiger partial charge in [0, 0.05) is 46.9 Å². The molecule has 3 aliphatic rings. The van der Waals surface area contributed by atoms with Crippen LogP contribution in [0.15, 0.2) is 84.0 Å². The van der Waals surface area contributed by atoms with Crippen LogP contribution in [0.3, 0.4) is 0 Å². The molecule has 15 heteroatoms. The quantitative estimate of drug-likeness (QED) is 0.0495. The number of aryl methyl sites for hydroxylation is 1. The van der Waals surface area contributed by atoms with Crippen LogP contribution in [0.2, 0.25) is 0 Å². The van der Waals surface area contributed by atoms with Crippen molar-refractivity contribution < 1.29 is 38.2 Å². The molecular weight excluding hydrogens is 797 g/mol. The number of imide groups is 2. The Labute approximate surface area is 358 Å². The van der Waals surface area contributed by atoms with Crippen LogP contribution >= 0.6 is 11.3 Å². The molecule has 0 saturated carbocycles. The first-order valence-electron chi connectivity index (χ1n) is 20.4. The molecule has 0 bridgehead atoms. The van der Waals surface area contributed by atoms with Gasteiger partial charge >= 0.3 is 0 Å². The van der Waals surface area contributed by atoms with Crippen molar-refractivity contribution in [2.45, 2.75) is 65.8 Å². The van der Waals surface area contributed by atoms with Gasteiger partial charge in [0.25, 0.3) is 17.7 Å². The van der Waals surface area contributed by atoms with Crippen molar-refractivity contribution >= 4 is 63.3 Å². The molecule has 316 valence electrons. The van der Waals surface area contributed by atoms with Crippen LogP contribution in [0.25, 0.3) is 11.3 Å². The summed E-state index contributed by atoms with van der Waals surface area (Å²) in [6, 6.07) is 17.2. The van der Waals surface area contributed by atoms with Gasteiger partial charge in [-0.1, -0.05) is 48.9 Å². The van der Waals surface area contributed by atoms with Crippen molar-refractivity contribution in [2.24, 2.45) is 0 Å². The Morgan fingerprint density at radius 2 is 1.82 bits per heavy atom. The largest absolute Gasteiger partial charge is 0.491 e. The number of benzene rings is 3. The number of fused-ring (bicyclic) bond motifs is 2. The number of hydrogen-bond acceptors (Lipinski definition) is 11. The highest BCUT2D eigenvalue weighted by Crippen LogP contribution is 2.37. The highest BCUT2D eigenvalue weighted by Gasteiger charge is 2.45. The number of nitrogens with one attached hydrogen (secondary N) is 3. The number of piperidine rings is 1. The van der Waals surface area contributed by atoms with Crippen LogP contribution in [-0.4, -0.2) is 84.3 Å². The highest BCUT2D eigenvalue weighted by molar-refractivity contribution is 7.16. The minimum absolute atomic E-state index is 0.0177. The van der Waals surface area contributed by atoms with Crippen LogP contribution in [0, 0.1) is 6.92 Å². The number of carbonyl (C=O) groups excluding carboxylic acids is 6. The Morgan fingerprint density at radius 1 is 1.00 bits per heavy atom. The Bertz CT molecular complexity index is 2470. The predicted molar refractivity (Wildman–Crippen MR) is 233 cm³/mol. The Hall–Kier alpha value is -6.45. The van der Waals surface area contributed by atoms with Gasteiger partial charge in [-0.2, -0.15) is 0 Å². The third-order valence-corrected chi connectivity index (χ3v) is 11.8. The molecule has 0 radical (unpaired) electrons. The van der Waals surface area contributed by atoms with Gasteiger partial charge in [0.15, 0.2) is 5.13 Å². The average Bonchev–Trinajstić information content (AvgIpc) is 3.91. The normalized spacial score (nSPS) is 16.4. The average molecular weight is 845 g/mol. The molecule has 7 rings (SSSR count). The summed E-state index contributed by atoms with van der Waals surface area (Å²) in [5.41, 5.74) is 7.16. The van der Waals surface area contributed by atoms with Crippen LogP contribution in [-0.2, 0) is 36.8 Å². The number of anilines is 3. The van der Waals surface area contributed by atoms with Gasteiger partial charge in [-0.3, -0.25) is 39.0 Å². The molecule has 0 aliphatic carbocycles. The van der Waals surface area contributed by atoms with Gasteiger partial charge in [-0.15, -0.1) is 11.3 Å². The summed E-state index contributed by atoms with van der Waals surface area (Å²) < 4.78 is 11.6. The predicted octanol–water partition coefficient (Wildman–Crippen LogP) is 6.40. The second-order valence-corrected chi connectivity index (χ2v) is 16.2. The topological polar surface area (TPSA) is 176 Å². The molecule has 0 spiro atoms. The maximum Gasteiger partial charge on any atom is 0.264 e. The summed E-state index contributed by atoms with van der Waals surface area (Å²) in [5.74, 6) is -1.83. The highest BCUT2D eigenvalue weighted by atomic mass is 32.1. The van der Waals surface area contributed by atoms with Crippen LogP contribution in [0.4, 0.5) is 16.5 Å². The van der Waals surface area contributed by atoms with Crippen molar-refractivity contribution in [3.8, 4) is 17.0 Å². The maximum absolute atomic E-state index is 13.5. The zero-order valence-corrected chi connectivity index (χ0v) is 35.4. The summed E-state index contributed by atoms with van der Waals surface area (Å²) in [4.78, 5) is 85.6. The van der Waals surface area contributed by atoms with Gasteiger partial charge in [-0.05, 0) is 87.6 Å². The van der Waals surface area contributed by atoms with Crippen molar-refractivity contribution in [1.82, 2.24) is 15.2 Å². The zero-order valence-electron chi connectivity index (χ0n) is 34.6. The molecular formula is C46H48N6O8S. The first-order valence-corrected chi connectivity index (χ1v) is 21.2. The van der Waals surface area contributed by atoms with E-state index in [2.05, 4.69) is 28.9 Å². The minimum Gasteiger partial charge on any atom is -0.491 e. The molecule has 14 nitrogen and oxygen atoms in total. The van der Waals surface area contributed by atoms with Crippen molar-refractivity contribution in [3.05, 3.63) is 111 Å². The lowest BCUT2D eigenvalue weighted by Crippen LogP contribution is -2.54. The van der Waals surface area contributed by atoms with E-state index in [9.17, 15) is 28.8 Å². The molecule has 4 heterocycles. The lowest BCUT2D eigenvalue weighted by Gasteiger charge is -2.27. The first-order chi connectivity index (χ1) is 29.5. The Kier molecular flexibility index (Phi) is 13.2. The van der Waals surface area contributed by atoms with Gasteiger partial charge in [0.1, 0.15) is 18.4 Å². The SMILES string of the molecule is C/C=C\C(C(=O)N1CCc2cc(-c3nc(NC(=O)Cc4cccc(OCCOCCNc5cccc6c5C(=O)N(C5CCC(=O)NC5=O)C6=O)c4)sc3C)ccc21)=C(\C)CC. The number of allylic oxidation sites excluding steroid dienone is 2. The summed E-state index contributed by atoms with van der Waals surface area (Å²) >= 11 is 1.42. The molecule has 1 unspecified atom stereocenters. The lowest BCUT2D eigenvalue weighted by molar-refractivity contribution is -0.136. The smallest absolute Gasteiger partial charge is 0.264 e. The molecule has 3 aliphatic heterocycles. The maximum atomic E-state index is 13.5. The zero-order chi connectivity index (χ0) is 43.2. The second-order valence-electron chi connectivity index (χ2n) is 15.0. The van der Waals surface area contributed by atoms with Crippen molar-refractivity contribution in [3.63, 3.8) is 0 Å². The summed E-state index contributed by atoms with van der Waals surface area (Å²) in [7, 11) is 0. The van der Waals surface area contributed by atoms with E-state index < -0.39 is 29.7 Å². The fraction of sp³-hybridized carbons (Fsp3) is 0.326. The third kappa shape index (κ3) is 9.32. The molecule has 1 aromatic heterocycles. The fourth-order valence-electron chi connectivity index (χ4n) is 7.71. The number of aromatic nitrogens is 1. The van der Waals surface area contributed by atoms with E-state index in [1.165, 1.54) is 11.3 Å². The summed E-state index contributed by atoms with van der Waals surface area (Å²) in [5, 5.41) is 8.81.